The van der Waals surface area contributed by atoms with Crippen LogP contribution in [0.3, 0.4) is 0 Å². The van der Waals surface area contributed by atoms with Crippen molar-refractivity contribution in [3.8, 4) is 11.3 Å². The van der Waals surface area contributed by atoms with Crippen LogP contribution in [-0.2, 0) is 13.0 Å². The van der Waals surface area contributed by atoms with Crippen molar-refractivity contribution in [2.75, 3.05) is 0 Å². The van der Waals surface area contributed by atoms with E-state index in [-0.39, 0.29) is 5.56 Å². The molecule has 2 aromatic carbocycles. The highest BCUT2D eigenvalue weighted by Gasteiger charge is 2.04. The highest BCUT2D eigenvalue weighted by molar-refractivity contribution is 5.58. The van der Waals surface area contributed by atoms with Gasteiger partial charge in [-0.25, -0.2) is 4.68 Å². The Morgan fingerprint density at radius 2 is 1.52 bits per heavy atom. The van der Waals surface area contributed by atoms with E-state index in [9.17, 15) is 4.79 Å². The zero-order valence-electron chi connectivity index (χ0n) is 13.5. The number of aromatic nitrogens is 2. The number of hydrogen-bond donors (Lipinski definition) is 0. The van der Waals surface area contributed by atoms with Crippen LogP contribution in [0.2, 0.25) is 0 Å². The number of rotatable bonds is 4. The molecule has 0 radical (unpaired) electrons. The van der Waals surface area contributed by atoms with Crippen LogP contribution in [0.15, 0.2) is 65.5 Å². The van der Waals surface area contributed by atoms with Crippen molar-refractivity contribution in [1.82, 2.24) is 9.78 Å². The minimum absolute atomic E-state index is 0.0838. The lowest BCUT2D eigenvalue weighted by atomic mass is 10.1. The molecule has 1 heterocycles. The SMILES string of the molecule is CCc1ccc(-c2ccc(=O)n(Cc3ccc(C)cc3)n2)cc1. The molecule has 0 atom stereocenters. The van der Waals surface area contributed by atoms with Gasteiger partial charge in [-0.15, -0.1) is 0 Å². The van der Waals surface area contributed by atoms with Crippen LogP contribution in [0, 0.1) is 6.92 Å². The summed E-state index contributed by atoms with van der Waals surface area (Å²) >= 11 is 0. The average molecular weight is 304 g/mol. The maximum atomic E-state index is 12.1. The first kappa shape index (κ1) is 15.2. The molecule has 0 fully saturated rings. The van der Waals surface area contributed by atoms with Crippen LogP contribution < -0.4 is 5.56 Å². The van der Waals surface area contributed by atoms with Crippen molar-refractivity contribution in [3.05, 3.63) is 87.7 Å². The summed E-state index contributed by atoms with van der Waals surface area (Å²) < 4.78 is 1.52. The minimum Gasteiger partial charge on any atom is -0.268 e. The second-order valence-corrected chi connectivity index (χ2v) is 5.75. The first-order valence-corrected chi connectivity index (χ1v) is 7.89. The number of benzene rings is 2. The molecule has 0 spiro atoms. The van der Waals surface area contributed by atoms with Crippen molar-refractivity contribution in [2.24, 2.45) is 0 Å². The van der Waals surface area contributed by atoms with E-state index in [0.29, 0.717) is 6.54 Å². The lowest BCUT2D eigenvalue weighted by Gasteiger charge is -2.08. The minimum atomic E-state index is -0.0838. The van der Waals surface area contributed by atoms with E-state index in [1.807, 2.05) is 24.3 Å². The van der Waals surface area contributed by atoms with Crippen LogP contribution in [0.25, 0.3) is 11.3 Å². The Morgan fingerprint density at radius 3 is 2.17 bits per heavy atom. The largest absolute Gasteiger partial charge is 0.268 e. The van der Waals surface area contributed by atoms with Crippen molar-refractivity contribution in [1.29, 1.82) is 0 Å². The highest BCUT2D eigenvalue weighted by atomic mass is 16.1. The van der Waals surface area contributed by atoms with Gasteiger partial charge in [-0.1, -0.05) is 61.0 Å². The molecule has 0 unspecified atom stereocenters. The topological polar surface area (TPSA) is 34.9 Å². The molecule has 0 saturated heterocycles. The molecular weight excluding hydrogens is 284 g/mol. The van der Waals surface area contributed by atoms with E-state index in [1.165, 1.54) is 15.8 Å². The lowest BCUT2D eigenvalue weighted by molar-refractivity contribution is 0.642. The second-order valence-electron chi connectivity index (χ2n) is 5.75. The first-order valence-electron chi connectivity index (χ1n) is 7.89. The molecule has 0 aliphatic rings. The van der Waals surface area contributed by atoms with Crippen molar-refractivity contribution in [3.63, 3.8) is 0 Å². The summed E-state index contributed by atoms with van der Waals surface area (Å²) in [5.74, 6) is 0. The Kier molecular flexibility index (Phi) is 4.38. The maximum absolute atomic E-state index is 12.1. The van der Waals surface area contributed by atoms with Crippen molar-refractivity contribution < 1.29 is 0 Å². The van der Waals surface area contributed by atoms with Gasteiger partial charge < -0.3 is 0 Å². The molecule has 0 bridgehead atoms. The van der Waals surface area contributed by atoms with Gasteiger partial charge in [0.25, 0.3) is 5.56 Å². The number of nitrogens with zero attached hydrogens (tertiary/aromatic N) is 2. The van der Waals surface area contributed by atoms with Gasteiger partial charge >= 0.3 is 0 Å². The quantitative estimate of drug-likeness (QED) is 0.734. The fourth-order valence-electron chi connectivity index (χ4n) is 2.49. The second kappa shape index (κ2) is 6.61. The highest BCUT2D eigenvalue weighted by Crippen LogP contribution is 2.16. The fourth-order valence-corrected chi connectivity index (χ4v) is 2.49. The van der Waals surface area contributed by atoms with Crippen molar-refractivity contribution in [2.45, 2.75) is 26.8 Å². The van der Waals surface area contributed by atoms with Gasteiger partial charge in [-0.3, -0.25) is 4.79 Å². The monoisotopic (exact) mass is 304 g/mol. The van der Waals surface area contributed by atoms with Gasteiger partial charge in [-0.05, 0) is 30.5 Å². The molecule has 1 aromatic heterocycles. The summed E-state index contributed by atoms with van der Waals surface area (Å²) in [4.78, 5) is 12.1. The molecule has 3 rings (SSSR count). The Hall–Kier alpha value is -2.68. The molecule has 116 valence electrons. The molecule has 0 N–H and O–H groups in total. The summed E-state index contributed by atoms with van der Waals surface area (Å²) in [6.45, 7) is 4.67. The van der Waals surface area contributed by atoms with Gasteiger partial charge in [0.1, 0.15) is 0 Å². The van der Waals surface area contributed by atoms with Crippen LogP contribution in [0.4, 0.5) is 0 Å². The molecule has 0 saturated carbocycles. The normalized spacial score (nSPS) is 10.7. The summed E-state index contributed by atoms with van der Waals surface area (Å²) in [5.41, 5.74) is 5.34. The summed E-state index contributed by atoms with van der Waals surface area (Å²) in [7, 11) is 0. The van der Waals surface area contributed by atoms with Gasteiger partial charge in [0.2, 0.25) is 0 Å². The maximum Gasteiger partial charge on any atom is 0.267 e. The van der Waals surface area contributed by atoms with Gasteiger partial charge in [0, 0.05) is 11.6 Å². The predicted octanol–water partition coefficient (Wildman–Crippen LogP) is 3.83. The Morgan fingerprint density at radius 1 is 0.870 bits per heavy atom. The van der Waals surface area contributed by atoms with Crippen molar-refractivity contribution >= 4 is 0 Å². The van der Waals surface area contributed by atoms with Crippen LogP contribution >= 0.6 is 0 Å². The van der Waals surface area contributed by atoms with Crippen LogP contribution in [0.5, 0.6) is 0 Å². The molecule has 0 amide bonds. The van der Waals surface area contributed by atoms with Gasteiger partial charge in [0.05, 0.1) is 12.2 Å². The Balaban J connectivity index is 1.91. The van der Waals surface area contributed by atoms with E-state index in [4.69, 9.17) is 0 Å². The molecule has 3 heteroatoms. The van der Waals surface area contributed by atoms with Gasteiger partial charge in [-0.2, -0.15) is 5.10 Å². The first-order chi connectivity index (χ1) is 11.2. The average Bonchev–Trinajstić information content (AvgIpc) is 2.59. The number of aryl methyl sites for hydroxylation is 2. The summed E-state index contributed by atoms with van der Waals surface area (Å²) in [5, 5.41) is 4.52. The fraction of sp³-hybridized carbons (Fsp3) is 0.200. The Bertz CT molecular complexity index is 846. The molecule has 0 aliphatic carbocycles. The molecule has 3 aromatic rings. The zero-order chi connectivity index (χ0) is 16.2. The predicted molar refractivity (Wildman–Crippen MR) is 93.6 cm³/mol. The van der Waals surface area contributed by atoms with E-state index in [0.717, 1.165) is 23.2 Å². The molecule has 0 aliphatic heterocycles. The third-order valence-corrected chi connectivity index (χ3v) is 3.98. The van der Waals surface area contributed by atoms with Crippen LogP contribution in [-0.4, -0.2) is 9.78 Å². The third-order valence-electron chi connectivity index (χ3n) is 3.98. The Labute approximate surface area is 136 Å². The van der Waals surface area contributed by atoms with E-state index < -0.39 is 0 Å². The standard InChI is InChI=1S/C20H20N2O/c1-3-16-8-10-18(11-9-16)19-12-13-20(23)22(21-19)14-17-6-4-15(2)5-7-17/h4-13H,3,14H2,1-2H3. The summed E-state index contributed by atoms with van der Waals surface area (Å²) in [6.07, 6.45) is 1.01. The molecular formula is C20H20N2O. The smallest absolute Gasteiger partial charge is 0.267 e. The molecule has 23 heavy (non-hydrogen) atoms. The van der Waals surface area contributed by atoms with E-state index in [2.05, 4.69) is 43.2 Å². The van der Waals surface area contributed by atoms with E-state index >= 15 is 0 Å². The zero-order valence-corrected chi connectivity index (χ0v) is 13.5. The number of hydrogen-bond acceptors (Lipinski definition) is 2. The van der Waals surface area contributed by atoms with E-state index in [1.54, 1.807) is 12.1 Å². The van der Waals surface area contributed by atoms with Crippen LogP contribution in [0.1, 0.15) is 23.6 Å². The molecule has 3 nitrogen and oxygen atoms in total. The third kappa shape index (κ3) is 3.57. The summed E-state index contributed by atoms with van der Waals surface area (Å²) in [6, 6.07) is 19.9. The van der Waals surface area contributed by atoms with Gasteiger partial charge in [0.15, 0.2) is 0 Å². The lowest BCUT2D eigenvalue weighted by Crippen LogP contribution is -2.22.